The second-order valence-electron chi connectivity index (χ2n) is 6.27. The van der Waals surface area contributed by atoms with Crippen LogP contribution in [0.25, 0.3) is 0 Å². The predicted molar refractivity (Wildman–Crippen MR) is 88.8 cm³/mol. The first-order valence-corrected chi connectivity index (χ1v) is 7.88. The molecule has 0 spiro atoms. The van der Waals surface area contributed by atoms with Crippen molar-refractivity contribution in [3.05, 3.63) is 63.7 Å². The summed E-state index contributed by atoms with van der Waals surface area (Å²) in [6.07, 6.45) is 0. The third kappa shape index (κ3) is 2.54. The van der Waals surface area contributed by atoms with Crippen LogP contribution in [0.15, 0.2) is 36.4 Å². The lowest BCUT2D eigenvalue weighted by Gasteiger charge is -2.18. The van der Waals surface area contributed by atoms with Gasteiger partial charge < -0.3 is 4.74 Å². The monoisotopic (exact) mass is 320 g/mol. The zero-order valence-electron chi connectivity index (χ0n) is 12.4. The van der Waals surface area contributed by atoms with E-state index >= 15 is 0 Å². The van der Waals surface area contributed by atoms with Gasteiger partial charge in [-0.05, 0) is 35.7 Å². The molecule has 0 amide bonds. The first-order chi connectivity index (χ1) is 9.90. The SMILES string of the molecule is Cc1cccc(C(Cl)c2ccc3c(c2)C(C)(C)CO3)c1Cl. The average molecular weight is 321 g/mol. The highest BCUT2D eigenvalue weighted by atomic mass is 35.5. The van der Waals surface area contributed by atoms with E-state index in [1.807, 2.05) is 37.3 Å². The van der Waals surface area contributed by atoms with Crippen LogP contribution in [0.4, 0.5) is 0 Å². The summed E-state index contributed by atoms with van der Waals surface area (Å²) in [6, 6.07) is 12.2. The lowest BCUT2D eigenvalue weighted by atomic mass is 9.85. The molecule has 1 heterocycles. The third-order valence-corrected chi connectivity index (χ3v) is 5.11. The van der Waals surface area contributed by atoms with Gasteiger partial charge in [0.2, 0.25) is 0 Å². The Balaban J connectivity index is 2.03. The maximum Gasteiger partial charge on any atom is 0.123 e. The van der Waals surface area contributed by atoms with Crippen molar-refractivity contribution in [2.75, 3.05) is 6.61 Å². The Bertz CT molecular complexity index is 692. The molecule has 2 aromatic rings. The van der Waals surface area contributed by atoms with Gasteiger partial charge in [-0.2, -0.15) is 0 Å². The van der Waals surface area contributed by atoms with Crippen LogP contribution in [0.2, 0.25) is 5.02 Å². The normalized spacial score (nSPS) is 17.2. The summed E-state index contributed by atoms with van der Waals surface area (Å²) < 4.78 is 5.73. The Hall–Kier alpha value is -1.18. The molecule has 1 aliphatic rings. The molecule has 0 aliphatic carbocycles. The number of hydrogen-bond donors (Lipinski definition) is 0. The van der Waals surface area contributed by atoms with E-state index in [1.165, 1.54) is 5.56 Å². The summed E-state index contributed by atoms with van der Waals surface area (Å²) in [7, 11) is 0. The maximum atomic E-state index is 6.68. The minimum absolute atomic E-state index is 0.0261. The highest BCUT2D eigenvalue weighted by Crippen LogP contribution is 2.42. The lowest BCUT2D eigenvalue weighted by Crippen LogP contribution is -2.18. The van der Waals surface area contributed by atoms with E-state index in [-0.39, 0.29) is 10.8 Å². The van der Waals surface area contributed by atoms with Crippen molar-refractivity contribution in [1.82, 2.24) is 0 Å². The van der Waals surface area contributed by atoms with E-state index in [2.05, 4.69) is 19.9 Å². The average Bonchev–Trinajstić information content (AvgIpc) is 2.76. The number of halogens is 2. The third-order valence-electron chi connectivity index (χ3n) is 4.11. The number of rotatable bonds is 2. The van der Waals surface area contributed by atoms with Crippen LogP contribution in [-0.2, 0) is 5.41 Å². The van der Waals surface area contributed by atoms with E-state index in [0.29, 0.717) is 6.61 Å². The summed E-state index contributed by atoms with van der Waals surface area (Å²) >= 11 is 13.1. The van der Waals surface area contributed by atoms with Crippen molar-refractivity contribution in [1.29, 1.82) is 0 Å². The standard InChI is InChI=1S/C18H18Cl2O/c1-11-5-4-6-13(16(11)19)17(20)12-7-8-15-14(9-12)18(2,3)10-21-15/h4-9,17H,10H2,1-3H3. The van der Waals surface area contributed by atoms with Crippen molar-refractivity contribution in [2.45, 2.75) is 31.6 Å². The Labute approximate surface area is 135 Å². The molecule has 1 atom stereocenters. The molecule has 0 fully saturated rings. The molecule has 3 rings (SSSR count). The van der Waals surface area contributed by atoms with Crippen LogP contribution in [0.1, 0.15) is 41.5 Å². The molecule has 0 aromatic heterocycles. The van der Waals surface area contributed by atoms with Gasteiger partial charge in [0.1, 0.15) is 5.75 Å². The van der Waals surface area contributed by atoms with Crippen molar-refractivity contribution in [3.8, 4) is 5.75 Å². The second kappa shape index (κ2) is 5.23. The van der Waals surface area contributed by atoms with Crippen molar-refractivity contribution >= 4 is 23.2 Å². The first-order valence-electron chi connectivity index (χ1n) is 7.06. The van der Waals surface area contributed by atoms with Gasteiger partial charge in [0, 0.05) is 16.0 Å². The molecule has 1 aliphatic heterocycles. The molecule has 21 heavy (non-hydrogen) atoms. The summed E-state index contributed by atoms with van der Waals surface area (Å²) in [6.45, 7) is 7.08. The van der Waals surface area contributed by atoms with Gasteiger partial charge in [0.15, 0.2) is 0 Å². The predicted octanol–water partition coefficient (Wildman–Crippen LogP) is 5.65. The fourth-order valence-corrected chi connectivity index (χ4v) is 3.35. The van der Waals surface area contributed by atoms with Gasteiger partial charge >= 0.3 is 0 Å². The topological polar surface area (TPSA) is 9.23 Å². The number of ether oxygens (including phenoxy) is 1. The van der Waals surface area contributed by atoms with Gasteiger partial charge in [-0.1, -0.05) is 49.7 Å². The number of benzene rings is 2. The van der Waals surface area contributed by atoms with Crippen LogP contribution in [0.3, 0.4) is 0 Å². The van der Waals surface area contributed by atoms with E-state index in [9.17, 15) is 0 Å². The minimum atomic E-state index is -0.251. The zero-order chi connectivity index (χ0) is 15.2. The highest BCUT2D eigenvalue weighted by molar-refractivity contribution is 6.33. The number of fused-ring (bicyclic) bond motifs is 1. The van der Waals surface area contributed by atoms with Gasteiger partial charge in [0.25, 0.3) is 0 Å². The lowest BCUT2D eigenvalue weighted by molar-refractivity contribution is 0.291. The van der Waals surface area contributed by atoms with Gasteiger partial charge in [-0.25, -0.2) is 0 Å². The molecule has 0 saturated heterocycles. The van der Waals surface area contributed by atoms with Crippen LogP contribution in [0.5, 0.6) is 5.75 Å². The Kier molecular flexibility index (Phi) is 3.67. The maximum absolute atomic E-state index is 6.68. The highest BCUT2D eigenvalue weighted by Gasteiger charge is 2.32. The molecular weight excluding hydrogens is 303 g/mol. The minimum Gasteiger partial charge on any atom is -0.492 e. The van der Waals surface area contributed by atoms with Crippen molar-refractivity contribution < 1.29 is 4.74 Å². The summed E-state index contributed by atoms with van der Waals surface area (Å²) in [5, 5.41) is 0.493. The number of aryl methyl sites for hydroxylation is 1. The first kappa shape index (κ1) is 14.7. The fourth-order valence-electron chi connectivity index (χ4n) is 2.74. The van der Waals surface area contributed by atoms with Crippen molar-refractivity contribution in [3.63, 3.8) is 0 Å². The van der Waals surface area contributed by atoms with E-state index in [1.54, 1.807) is 0 Å². The Morgan fingerprint density at radius 1 is 1.19 bits per heavy atom. The molecule has 2 aromatic carbocycles. The quantitative estimate of drug-likeness (QED) is 0.650. The molecule has 0 N–H and O–H groups in total. The van der Waals surface area contributed by atoms with E-state index < -0.39 is 0 Å². The number of hydrogen-bond acceptors (Lipinski definition) is 1. The second-order valence-corrected chi connectivity index (χ2v) is 7.08. The summed E-state index contributed by atoms with van der Waals surface area (Å²) in [4.78, 5) is 0. The van der Waals surface area contributed by atoms with Crippen LogP contribution in [0, 0.1) is 6.92 Å². The Morgan fingerprint density at radius 3 is 2.71 bits per heavy atom. The smallest absolute Gasteiger partial charge is 0.123 e. The fraction of sp³-hybridized carbons (Fsp3) is 0.333. The van der Waals surface area contributed by atoms with Gasteiger partial charge in [0.05, 0.1) is 12.0 Å². The molecular formula is C18H18Cl2O. The molecule has 1 nitrogen and oxygen atoms in total. The Morgan fingerprint density at radius 2 is 1.95 bits per heavy atom. The van der Waals surface area contributed by atoms with Gasteiger partial charge in [-0.3, -0.25) is 0 Å². The summed E-state index contributed by atoms with van der Waals surface area (Å²) in [5.74, 6) is 0.961. The largest absolute Gasteiger partial charge is 0.492 e. The number of alkyl halides is 1. The van der Waals surface area contributed by atoms with Gasteiger partial charge in [-0.15, -0.1) is 11.6 Å². The molecule has 0 saturated carbocycles. The molecule has 0 bridgehead atoms. The molecule has 110 valence electrons. The van der Waals surface area contributed by atoms with Crippen LogP contribution in [-0.4, -0.2) is 6.61 Å². The molecule has 0 radical (unpaired) electrons. The summed E-state index contributed by atoms with van der Waals surface area (Å²) in [5.41, 5.74) is 4.30. The van der Waals surface area contributed by atoms with Crippen LogP contribution < -0.4 is 4.74 Å². The van der Waals surface area contributed by atoms with E-state index in [4.69, 9.17) is 27.9 Å². The van der Waals surface area contributed by atoms with Crippen LogP contribution >= 0.6 is 23.2 Å². The molecule has 1 unspecified atom stereocenters. The van der Waals surface area contributed by atoms with Crippen molar-refractivity contribution in [2.24, 2.45) is 0 Å². The van der Waals surface area contributed by atoms with E-state index in [0.717, 1.165) is 27.5 Å². The zero-order valence-corrected chi connectivity index (χ0v) is 13.9. The molecule has 3 heteroatoms.